The van der Waals surface area contributed by atoms with Gasteiger partial charge >= 0.3 is 0 Å². The summed E-state index contributed by atoms with van der Waals surface area (Å²) in [5.74, 6) is 2.72. The van der Waals surface area contributed by atoms with Gasteiger partial charge in [0, 0.05) is 41.0 Å². The molecule has 1 aromatic heterocycles. The monoisotopic (exact) mass is 412 g/mol. The minimum Gasteiger partial charge on any atom is -0.496 e. The first-order valence-electron chi connectivity index (χ1n) is 9.75. The summed E-state index contributed by atoms with van der Waals surface area (Å²) in [4.78, 5) is 2.09. The van der Waals surface area contributed by atoms with Crippen LogP contribution in [-0.4, -0.2) is 34.3 Å². The van der Waals surface area contributed by atoms with Crippen LogP contribution in [0.15, 0.2) is 78.7 Å². The number of tetrazole rings is 1. The molecule has 0 unspecified atom stereocenters. The Morgan fingerprint density at radius 2 is 1.90 bits per heavy atom. The molecule has 8 heteroatoms. The van der Waals surface area contributed by atoms with E-state index in [9.17, 15) is 0 Å². The molecule has 1 aliphatic heterocycles. The summed E-state index contributed by atoms with van der Waals surface area (Å²) >= 11 is 0. The largest absolute Gasteiger partial charge is 0.496 e. The van der Waals surface area contributed by atoms with Crippen molar-refractivity contribution in [3.8, 4) is 22.9 Å². The van der Waals surface area contributed by atoms with Crippen LogP contribution in [0.1, 0.15) is 0 Å². The maximum atomic E-state index is 6.16. The third kappa shape index (κ3) is 3.55. The van der Waals surface area contributed by atoms with Crippen LogP contribution in [0, 0.1) is 0 Å². The molecule has 3 aromatic carbocycles. The molecule has 3 N–H and O–H groups in total. The highest BCUT2D eigenvalue weighted by molar-refractivity contribution is 5.97. The van der Waals surface area contributed by atoms with Crippen LogP contribution >= 0.6 is 0 Å². The molecule has 0 saturated carbocycles. The second kappa shape index (κ2) is 7.83. The lowest BCUT2D eigenvalue weighted by Crippen LogP contribution is -2.20. The van der Waals surface area contributed by atoms with Gasteiger partial charge in [-0.15, -0.1) is 10.2 Å². The van der Waals surface area contributed by atoms with Gasteiger partial charge in [0.05, 0.1) is 12.7 Å². The number of ether oxygens (including phenoxy) is 2. The first-order chi connectivity index (χ1) is 15.2. The van der Waals surface area contributed by atoms with Gasteiger partial charge in [-0.25, -0.2) is 0 Å². The Labute approximate surface area is 178 Å². The number of H-pyrrole nitrogens is 1. The van der Waals surface area contributed by atoms with Gasteiger partial charge in [-0.1, -0.05) is 24.3 Å². The standard InChI is InChI=1S/C23H20N6O2/c1-30-22-14-15(6-7-19(22)23-25-27-28-26-23)29-12-10-16(11-13-29)31-21-9-8-20(24)17-4-2-3-5-18(17)21/h2-12,14H,13,24H2,1H3,(H,25,26,27,28). The molecule has 0 radical (unpaired) electrons. The van der Waals surface area contributed by atoms with Crippen LogP contribution in [-0.2, 0) is 0 Å². The Morgan fingerprint density at radius 1 is 1.03 bits per heavy atom. The summed E-state index contributed by atoms with van der Waals surface area (Å²) in [5.41, 5.74) is 8.58. The second-order valence-corrected chi connectivity index (χ2v) is 7.00. The predicted octanol–water partition coefficient (Wildman–Crippen LogP) is 3.91. The van der Waals surface area contributed by atoms with E-state index in [4.69, 9.17) is 15.2 Å². The molecule has 4 aromatic rings. The molecule has 0 saturated heterocycles. The molecule has 5 rings (SSSR count). The summed E-state index contributed by atoms with van der Waals surface area (Å²) in [6, 6.07) is 17.6. The van der Waals surface area contributed by atoms with E-state index in [2.05, 4.69) is 25.5 Å². The molecule has 0 spiro atoms. The number of hydrogen-bond acceptors (Lipinski definition) is 7. The summed E-state index contributed by atoms with van der Waals surface area (Å²) in [5, 5.41) is 16.1. The SMILES string of the molecule is COc1cc(N2C=CC(Oc3ccc(N)c4ccccc34)=CC2)ccc1-c1nn[nH]n1. The molecule has 0 amide bonds. The number of hydrogen-bond donors (Lipinski definition) is 2. The van der Waals surface area contributed by atoms with Gasteiger partial charge in [-0.05, 0) is 41.6 Å². The Morgan fingerprint density at radius 3 is 2.65 bits per heavy atom. The lowest BCUT2D eigenvalue weighted by molar-refractivity contribution is 0.416. The molecule has 0 fully saturated rings. The molecular weight excluding hydrogens is 392 g/mol. The van der Waals surface area contributed by atoms with Crippen molar-refractivity contribution in [2.45, 2.75) is 0 Å². The van der Waals surface area contributed by atoms with Crippen molar-refractivity contribution in [1.29, 1.82) is 0 Å². The zero-order chi connectivity index (χ0) is 21.2. The molecule has 8 nitrogen and oxygen atoms in total. The van der Waals surface area contributed by atoms with Crippen molar-refractivity contribution >= 4 is 22.1 Å². The Hall–Kier alpha value is -4.33. The van der Waals surface area contributed by atoms with E-state index in [0.29, 0.717) is 18.1 Å². The number of benzene rings is 3. The molecule has 31 heavy (non-hydrogen) atoms. The Bertz CT molecular complexity index is 1300. The Balaban J connectivity index is 1.35. The summed E-state index contributed by atoms with van der Waals surface area (Å²) in [6.07, 6.45) is 5.95. The number of anilines is 2. The number of nitrogens with zero attached hydrogens (tertiary/aromatic N) is 4. The lowest BCUT2D eigenvalue weighted by Gasteiger charge is -2.24. The molecule has 154 valence electrons. The Kier molecular flexibility index (Phi) is 4.72. The van der Waals surface area contributed by atoms with Crippen LogP contribution in [0.4, 0.5) is 11.4 Å². The van der Waals surface area contributed by atoms with Crippen LogP contribution in [0.25, 0.3) is 22.2 Å². The third-order valence-electron chi connectivity index (χ3n) is 5.16. The van der Waals surface area contributed by atoms with Crippen molar-refractivity contribution in [3.63, 3.8) is 0 Å². The van der Waals surface area contributed by atoms with Gasteiger partial charge in [-0.3, -0.25) is 0 Å². The lowest BCUT2D eigenvalue weighted by atomic mass is 10.1. The highest BCUT2D eigenvalue weighted by atomic mass is 16.5. The fraction of sp³-hybridized carbons (Fsp3) is 0.0870. The van der Waals surface area contributed by atoms with Crippen molar-refractivity contribution < 1.29 is 9.47 Å². The first kappa shape index (κ1) is 18.7. The number of nitrogens with one attached hydrogen (secondary N) is 1. The van der Waals surface area contributed by atoms with Gasteiger partial charge in [0.1, 0.15) is 17.3 Å². The van der Waals surface area contributed by atoms with E-state index in [1.54, 1.807) is 7.11 Å². The van der Waals surface area contributed by atoms with Crippen LogP contribution < -0.4 is 20.1 Å². The van der Waals surface area contributed by atoms with E-state index >= 15 is 0 Å². The minimum atomic E-state index is 0.490. The van der Waals surface area contributed by atoms with E-state index in [1.165, 1.54) is 0 Å². The van der Waals surface area contributed by atoms with Gasteiger partial charge in [0.25, 0.3) is 0 Å². The summed E-state index contributed by atoms with van der Waals surface area (Å²) < 4.78 is 11.7. The number of methoxy groups -OCH3 is 1. The van der Waals surface area contributed by atoms with Gasteiger partial charge in [-0.2, -0.15) is 5.21 Å². The smallest absolute Gasteiger partial charge is 0.208 e. The molecular formula is C23H20N6O2. The van der Waals surface area contributed by atoms with E-state index < -0.39 is 0 Å². The number of rotatable bonds is 5. The zero-order valence-corrected chi connectivity index (χ0v) is 16.8. The fourth-order valence-electron chi connectivity index (χ4n) is 3.58. The van der Waals surface area contributed by atoms with Crippen molar-refractivity contribution in [3.05, 3.63) is 78.7 Å². The van der Waals surface area contributed by atoms with Crippen molar-refractivity contribution in [1.82, 2.24) is 20.6 Å². The molecule has 0 atom stereocenters. The van der Waals surface area contributed by atoms with E-state index in [-0.39, 0.29) is 0 Å². The number of fused-ring (bicyclic) bond motifs is 1. The highest BCUT2D eigenvalue weighted by Crippen LogP contribution is 2.34. The maximum Gasteiger partial charge on any atom is 0.208 e. The average molecular weight is 412 g/mol. The summed E-state index contributed by atoms with van der Waals surface area (Å²) in [7, 11) is 1.62. The van der Waals surface area contributed by atoms with Crippen LogP contribution in [0.5, 0.6) is 11.5 Å². The number of nitrogens with two attached hydrogens (primary N) is 1. The normalized spacial score (nSPS) is 13.3. The van der Waals surface area contributed by atoms with Gasteiger partial charge in [0.15, 0.2) is 0 Å². The van der Waals surface area contributed by atoms with Crippen molar-refractivity contribution in [2.75, 3.05) is 24.3 Å². The van der Waals surface area contributed by atoms with E-state index in [1.807, 2.05) is 72.9 Å². The topological polar surface area (TPSA) is 102 Å². The average Bonchev–Trinajstić information content (AvgIpc) is 3.36. The number of allylic oxidation sites excluding steroid dienone is 1. The number of aromatic nitrogens is 4. The molecule has 0 aliphatic carbocycles. The second-order valence-electron chi connectivity index (χ2n) is 7.00. The molecule has 0 bridgehead atoms. The third-order valence-corrected chi connectivity index (χ3v) is 5.16. The van der Waals surface area contributed by atoms with E-state index in [0.717, 1.165) is 39.2 Å². The van der Waals surface area contributed by atoms with Gasteiger partial charge < -0.3 is 20.1 Å². The highest BCUT2D eigenvalue weighted by Gasteiger charge is 2.15. The summed E-state index contributed by atoms with van der Waals surface area (Å²) in [6.45, 7) is 0.656. The van der Waals surface area contributed by atoms with Gasteiger partial charge in [0.2, 0.25) is 5.82 Å². The number of nitrogen functional groups attached to an aromatic ring is 1. The number of aromatic amines is 1. The minimum absolute atomic E-state index is 0.490. The molecule has 1 aliphatic rings. The molecule has 2 heterocycles. The fourth-order valence-corrected chi connectivity index (χ4v) is 3.58. The maximum absolute atomic E-state index is 6.16. The quantitative estimate of drug-likeness (QED) is 0.479. The van der Waals surface area contributed by atoms with Crippen LogP contribution in [0.2, 0.25) is 0 Å². The first-order valence-corrected chi connectivity index (χ1v) is 9.75. The predicted molar refractivity (Wildman–Crippen MR) is 120 cm³/mol. The van der Waals surface area contributed by atoms with Crippen molar-refractivity contribution in [2.24, 2.45) is 0 Å². The zero-order valence-electron chi connectivity index (χ0n) is 16.8. The van der Waals surface area contributed by atoms with Crippen LogP contribution in [0.3, 0.4) is 0 Å².